The van der Waals surface area contributed by atoms with E-state index in [-0.39, 0.29) is 29.1 Å². The van der Waals surface area contributed by atoms with Gasteiger partial charge in [-0.05, 0) is 45.4 Å². The molecule has 1 aliphatic carbocycles. The largest absolute Gasteiger partial charge is 0.462 e. The van der Waals surface area contributed by atoms with Gasteiger partial charge in [0.2, 0.25) is 5.91 Å². The molecule has 1 amide bonds. The monoisotopic (exact) mass is 392 g/mol. The van der Waals surface area contributed by atoms with Gasteiger partial charge in [0.05, 0.1) is 11.9 Å². The molecular weight excluding hydrogens is 364 g/mol. The van der Waals surface area contributed by atoms with Gasteiger partial charge in [-0.15, -0.1) is 0 Å². The van der Waals surface area contributed by atoms with E-state index >= 15 is 0 Å². The van der Waals surface area contributed by atoms with Crippen LogP contribution in [0, 0.1) is 0 Å². The Morgan fingerprint density at radius 1 is 1.37 bits per heavy atom. The Kier molecular flexibility index (Phi) is 8.57. The number of carbonyl (C=O) groups excluding carboxylic acids is 2. The third kappa shape index (κ3) is 6.53. The number of nitrogens with one attached hydrogen (secondary N) is 1. The highest BCUT2D eigenvalue weighted by Crippen LogP contribution is 2.24. The molecule has 0 saturated carbocycles. The molecule has 27 heavy (non-hydrogen) atoms. The first-order chi connectivity index (χ1) is 13.0. The predicted octanol–water partition coefficient (Wildman–Crippen LogP) is 3.11. The summed E-state index contributed by atoms with van der Waals surface area (Å²) in [5.74, 6) is -0.519. The zero-order valence-corrected chi connectivity index (χ0v) is 16.8. The van der Waals surface area contributed by atoms with E-state index in [0.717, 1.165) is 19.3 Å². The average Bonchev–Trinajstić information content (AvgIpc) is 2.67. The molecule has 7 nitrogen and oxygen atoms in total. The highest BCUT2D eigenvalue weighted by Gasteiger charge is 2.21. The predicted molar refractivity (Wildman–Crippen MR) is 107 cm³/mol. The second kappa shape index (κ2) is 10.9. The van der Waals surface area contributed by atoms with E-state index in [1.807, 2.05) is 6.92 Å². The number of amides is 1. The first-order valence-electron chi connectivity index (χ1n) is 9.47. The maximum atomic E-state index is 12.5. The van der Waals surface area contributed by atoms with Crippen molar-refractivity contribution in [3.63, 3.8) is 0 Å². The van der Waals surface area contributed by atoms with Gasteiger partial charge in [-0.3, -0.25) is 4.79 Å². The zero-order chi connectivity index (χ0) is 19.6. The third-order valence-corrected chi connectivity index (χ3v) is 5.57. The summed E-state index contributed by atoms with van der Waals surface area (Å²) in [4.78, 5) is 32.5. The van der Waals surface area contributed by atoms with Gasteiger partial charge >= 0.3 is 5.97 Å². The van der Waals surface area contributed by atoms with E-state index < -0.39 is 5.97 Å². The summed E-state index contributed by atoms with van der Waals surface area (Å²) in [6.45, 7) is 4.56. The standard InChI is InChI=1S/C19H28N4O3S/c1-3-15(17(24)21-11-10-13-8-6-5-7-9-13)27-19-22-12-14(16(20)23-19)18(25)26-4-2/h8,12,15H,3-7,9-11H2,1-2H3,(H,21,24)(H2,20,22,23)/t15-/m1/s1. The Hall–Kier alpha value is -2.09. The summed E-state index contributed by atoms with van der Waals surface area (Å²) >= 11 is 1.25. The SMILES string of the molecule is CCOC(=O)c1cnc(S[C@H](CC)C(=O)NCCC2=CCCCC2)nc1N. The van der Waals surface area contributed by atoms with Crippen molar-refractivity contribution in [3.05, 3.63) is 23.4 Å². The number of nitrogens with two attached hydrogens (primary N) is 1. The number of allylic oxidation sites excluding steroid dienone is 1. The van der Waals surface area contributed by atoms with Crippen molar-refractivity contribution in [2.45, 2.75) is 62.8 Å². The van der Waals surface area contributed by atoms with Gasteiger partial charge in [-0.25, -0.2) is 14.8 Å². The second-order valence-electron chi connectivity index (χ2n) is 6.34. The first-order valence-corrected chi connectivity index (χ1v) is 10.3. The van der Waals surface area contributed by atoms with Crippen LogP contribution in [0.3, 0.4) is 0 Å². The van der Waals surface area contributed by atoms with Crippen LogP contribution in [-0.2, 0) is 9.53 Å². The van der Waals surface area contributed by atoms with Gasteiger partial charge in [0, 0.05) is 12.7 Å². The van der Waals surface area contributed by atoms with Crippen LogP contribution in [0.2, 0.25) is 0 Å². The Bertz CT molecular complexity index is 694. The van der Waals surface area contributed by atoms with E-state index in [9.17, 15) is 9.59 Å². The van der Waals surface area contributed by atoms with E-state index in [4.69, 9.17) is 10.5 Å². The highest BCUT2D eigenvalue weighted by atomic mass is 32.2. The fourth-order valence-corrected chi connectivity index (χ4v) is 3.72. The molecule has 0 aromatic carbocycles. The van der Waals surface area contributed by atoms with Crippen LogP contribution < -0.4 is 11.1 Å². The molecule has 1 aromatic rings. The van der Waals surface area contributed by atoms with Crippen molar-refractivity contribution >= 4 is 29.5 Å². The number of hydrogen-bond donors (Lipinski definition) is 2. The van der Waals surface area contributed by atoms with Gasteiger partial charge in [-0.2, -0.15) is 0 Å². The minimum atomic E-state index is -0.548. The van der Waals surface area contributed by atoms with E-state index in [2.05, 4.69) is 21.4 Å². The average molecular weight is 393 g/mol. The Labute approximate surface area is 164 Å². The zero-order valence-electron chi connectivity index (χ0n) is 16.0. The number of rotatable bonds is 9. The lowest BCUT2D eigenvalue weighted by Gasteiger charge is -2.16. The lowest BCUT2D eigenvalue weighted by Crippen LogP contribution is -2.33. The van der Waals surface area contributed by atoms with Gasteiger partial charge in [0.15, 0.2) is 5.16 Å². The Morgan fingerprint density at radius 2 is 2.19 bits per heavy atom. The number of thioether (sulfide) groups is 1. The summed E-state index contributed by atoms with van der Waals surface area (Å²) in [6, 6.07) is 0. The lowest BCUT2D eigenvalue weighted by molar-refractivity contribution is -0.120. The van der Waals surface area contributed by atoms with Crippen molar-refractivity contribution in [2.75, 3.05) is 18.9 Å². The molecule has 1 heterocycles. The molecule has 0 bridgehead atoms. The van der Waals surface area contributed by atoms with E-state index in [0.29, 0.717) is 18.1 Å². The molecule has 0 spiro atoms. The van der Waals surface area contributed by atoms with Crippen molar-refractivity contribution < 1.29 is 14.3 Å². The number of ether oxygens (including phenoxy) is 1. The first kappa shape index (κ1) is 21.2. The summed E-state index contributed by atoms with van der Waals surface area (Å²) in [7, 11) is 0. The number of carbonyl (C=O) groups is 2. The van der Waals surface area contributed by atoms with Crippen molar-refractivity contribution in [1.82, 2.24) is 15.3 Å². The molecule has 0 unspecified atom stereocenters. The lowest BCUT2D eigenvalue weighted by atomic mass is 9.97. The van der Waals surface area contributed by atoms with Crippen LogP contribution in [0.4, 0.5) is 5.82 Å². The van der Waals surface area contributed by atoms with E-state index in [1.54, 1.807) is 6.92 Å². The maximum absolute atomic E-state index is 12.5. The molecule has 1 atom stereocenters. The second-order valence-corrected chi connectivity index (χ2v) is 7.51. The van der Waals surface area contributed by atoms with Gasteiger partial charge in [0.1, 0.15) is 11.4 Å². The smallest absolute Gasteiger partial charge is 0.343 e. The topological polar surface area (TPSA) is 107 Å². The number of nitrogens with zero attached hydrogens (tertiary/aromatic N) is 2. The van der Waals surface area contributed by atoms with Crippen LogP contribution in [0.1, 0.15) is 62.7 Å². The minimum absolute atomic E-state index is 0.0319. The Balaban J connectivity index is 1.89. The Morgan fingerprint density at radius 3 is 2.81 bits per heavy atom. The molecule has 0 saturated heterocycles. The summed E-state index contributed by atoms with van der Waals surface area (Å²) < 4.78 is 4.91. The summed E-state index contributed by atoms with van der Waals surface area (Å²) in [6.07, 6.45) is 9.99. The van der Waals surface area contributed by atoms with Gasteiger partial charge < -0.3 is 15.8 Å². The van der Waals surface area contributed by atoms with Crippen LogP contribution >= 0.6 is 11.8 Å². The number of aromatic nitrogens is 2. The van der Waals surface area contributed by atoms with Crippen molar-refractivity contribution in [3.8, 4) is 0 Å². The van der Waals surface area contributed by atoms with Gasteiger partial charge in [0.25, 0.3) is 0 Å². The minimum Gasteiger partial charge on any atom is -0.462 e. The van der Waals surface area contributed by atoms with Crippen molar-refractivity contribution in [1.29, 1.82) is 0 Å². The van der Waals surface area contributed by atoms with Crippen molar-refractivity contribution in [2.24, 2.45) is 0 Å². The molecule has 8 heteroatoms. The van der Waals surface area contributed by atoms with E-state index in [1.165, 1.54) is 36.4 Å². The quantitative estimate of drug-likeness (QED) is 0.288. The van der Waals surface area contributed by atoms with Crippen LogP contribution in [0.5, 0.6) is 0 Å². The molecule has 3 N–H and O–H groups in total. The van der Waals surface area contributed by atoms with Crippen LogP contribution in [0.15, 0.2) is 23.0 Å². The molecule has 148 valence electrons. The molecule has 1 aliphatic rings. The summed E-state index contributed by atoms with van der Waals surface area (Å²) in [5.41, 5.74) is 7.41. The molecule has 0 aliphatic heterocycles. The third-order valence-electron chi connectivity index (χ3n) is 4.33. The maximum Gasteiger partial charge on any atom is 0.343 e. The molecule has 0 radical (unpaired) electrons. The fraction of sp³-hybridized carbons (Fsp3) is 0.579. The molecule has 2 rings (SSSR count). The molecular formula is C19H28N4O3S. The number of esters is 1. The molecule has 1 aromatic heterocycles. The number of nitrogen functional groups attached to an aromatic ring is 1. The molecule has 0 fully saturated rings. The van der Waals surface area contributed by atoms with Gasteiger partial charge in [-0.1, -0.05) is 30.3 Å². The highest BCUT2D eigenvalue weighted by molar-refractivity contribution is 8.00. The van der Waals surface area contributed by atoms with Crippen LogP contribution in [-0.4, -0.2) is 40.2 Å². The summed E-state index contributed by atoms with van der Waals surface area (Å²) in [5, 5.41) is 3.07. The fourth-order valence-electron chi connectivity index (χ4n) is 2.84. The van der Waals surface area contributed by atoms with Crippen LogP contribution in [0.25, 0.3) is 0 Å². The number of anilines is 1. The normalized spacial score (nSPS) is 15.0. The number of hydrogen-bond acceptors (Lipinski definition) is 7.